The molecule has 24 heavy (non-hydrogen) atoms. The second-order valence-electron chi connectivity index (χ2n) is 6.20. The maximum Gasteiger partial charge on any atom is 0.256 e. The van der Waals surface area contributed by atoms with Gasteiger partial charge in [-0.1, -0.05) is 17.7 Å². The molecule has 5 heteroatoms. The number of imide groups is 1. The molecule has 4 nitrogen and oxygen atoms in total. The highest BCUT2D eigenvalue weighted by Gasteiger charge is 2.40. The molecule has 1 heterocycles. The second-order valence-corrected chi connectivity index (χ2v) is 6.63. The highest BCUT2D eigenvalue weighted by molar-refractivity contribution is 6.31. The van der Waals surface area contributed by atoms with Crippen LogP contribution in [0.1, 0.15) is 23.1 Å². The molecule has 2 aromatic rings. The van der Waals surface area contributed by atoms with Crippen LogP contribution in [0, 0.1) is 20.8 Å². The van der Waals surface area contributed by atoms with E-state index in [2.05, 4.69) is 5.32 Å². The summed E-state index contributed by atoms with van der Waals surface area (Å²) in [7, 11) is 0. The molecule has 124 valence electrons. The molecule has 2 amide bonds. The van der Waals surface area contributed by atoms with Crippen LogP contribution in [0.25, 0.3) is 0 Å². The van der Waals surface area contributed by atoms with Crippen LogP contribution in [0.2, 0.25) is 5.02 Å². The van der Waals surface area contributed by atoms with Crippen molar-refractivity contribution in [3.8, 4) is 0 Å². The number of hydrogen-bond acceptors (Lipinski definition) is 3. The number of benzene rings is 2. The third-order valence-electron chi connectivity index (χ3n) is 4.39. The largest absolute Gasteiger partial charge is 0.373 e. The molecule has 1 aliphatic heterocycles. The molecule has 0 aromatic heterocycles. The van der Waals surface area contributed by atoms with Gasteiger partial charge in [0.2, 0.25) is 5.91 Å². The summed E-state index contributed by atoms with van der Waals surface area (Å²) in [4.78, 5) is 26.3. The minimum Gasteiger partial charge on any atom is -0.373 e. The van der Waals surface area contributed by atoms with E-state index in [0.29, 0.717) is 10.7 Å². The molecular formula is C19H19ClN2O2. The van der Waals surface area contributed by atoms with E-state index in [4.69, 9.17) is 11.6 Å². The summed E-state index contributed by atoms with van der Waals surface area (Å²) >= 11 is 5.96. The maximum absolute atomic E-state index is 12.7. The number of halogens is 1. The van der Waals surface area contributed by atoms with Crippen LogP contribution < -0.4 is 10.2 Å². The summed E-state index contributed by atoms with van der Waals surface area (Å²) < 4.78 is 0. The first-order valence-electron chi connectivity index (χ1n) is 7.83. The quantitative estimate of drug-likeness (QED) is 0.857. The van der Waals surface area contributed by atoms with E-state index in [1.54, 1.807) is 18.2 Å². The zero-order chi connectivity index (χ0) is 17.4. The number of anilines is 2. The Balaban J connectivity index is 1.84. The van der Waals surface area contributed by atoms with E-state index in [1.165, 1.54) is 10.5 Å². The Morgan fingerprint density at radius 3 is 2.42 bits per heavy atom. The van der Waals surface area contributed by atoms with Gasteiger partial charge in [-0.05, 0) is 67.8 Å². The summed E-state index contributed by atoms with van der Waals surface area (Å²) in [5, 5.41) is 3.77. The van der Waals surface area contributed by atoms with Gasteiger partial charge in [-0.3, -0.25) is 9.59 Å². The number of rotatable bonds is 3. The third kappa shape index (κ3) is 3.02. The summed E-state index contributed by atoms with van der Waals surface area (Å²) in [5.74, 6) is -0.435. The molecule has 1 aliphatic rings. The van der Waals surface area contributed by atoms with Gasteiger partial charge in [0.1, 0.15) is 6.04 Å². The summed E-state index contributed by atoms with van der Waals surface area (Å²) in [6, 6.07) is 10.5. The normalized spacial score (nSPS) is 17.5. The average molecular weight is 343 g/mol. The highest BCUT2D eigenvalue weighted by Crippen LogP contribution is 2.29. The van der Waals surface area contributed by atoms with E-state index >= 15 is 0 Å². The van der Waals surface area contributed by atoms with Crippen molar-refractivity contribution in [1.29, 1.82) is 0 Å². The molecule has 0 aliphatic carbocycles. The zero-order valence-corrected chi connectivity index (χ0v) is 14.6. The topological polar surface area (TPSA) is 49.4 Å². The lowest BCUT2D eigenvalue weighted by atomic mass is 10.1. The number of carbonyl (C=O) groups is 2. The van der Waals surface area contributed by atoms with Crippen molar-refractivity contribution >= 4 is 34.8 Å². The first-order chi connectivity index (χ1) is 11.4. The van der Waals surface area contributed by atoms with Crippen LogP contribution in [0.3, 0.4) is 0 Å². The van der Waals surface area contributed by atoms with Crippen molar-refractivity contribution in [1.82, 2.24) is 0 Å². The van der Waals surface area contributed by atoms with E-state index in [1.807, 2.05) is 39.0 Å². The van der Waals surface area contributed by atoms with Crippen LogP contribution in [-0.4, -0.2) is 17.9 Å². The van der Waals surface area contributed by atoms with E-state index in [9.17, 15) is 9.59 Å². The van der Waals surface area contributed by atoms with Gasteiger partial charge in [-0.2, -0.15) is 0 Å². The molecule has 1 fully saturated rings. The number of nitrogens with zero attached hydrogens (tertiary/aromatic N) is 1. The predicted octanol–water partition coefficient (Wildman–Crippen LogP) is 4.01. The lowest BCUT2D eigenvalue weighted by Crippen LogP contribution is -2.35. The summed E-state index contributed by atoms with van der Waals surface area (Å²) in [5.41, 5.74) is 4.57. The third-order valence-corrected chi connectivity index (χ3v) is 4.63. The highest BCUT2D eigenvalue weighted by atomic mass is 35.5. The summed E-state index contributed by atoms with van der Waals surface area (Å²) in [6.45, 7) is 5.89. The fourth-order valence-electron chi connectivity index (χ4n) is 2.90. The minimum atomic E-state index is -0.547. The Bertz CT molecular complexity index is 832. The first kappa shape index (κ1) is 16.5. The Hall–Kier alpha value is -2.33. The van der Waals surface area contributed by atoms with Gasteiger partial charge < -0.3 is 5.32 Å². The lowest BCUT2D eigenvalue weighted by molar-refractivity contribution is -0.121. The van der Waals surface area contributed by atoms with Crippen LogP contribution >= 0.6 is 11.6 Å². The first-order valence-corrected chi connectivity index (χ1v) is 8.21. The fraction of sp³-hybridized carbons (Fsp3) is 0.263. The number of hydrogen-bond donors (Lipinski definition) is 1. The van der Waals surface area contributed by atoms with Crippen molar-refractivity contribution in [2.45, 2.75) is 33.2 Å². The number of nitrogens with one attached hydrogen (secondary N) is 1. The lowest BCUT2D eigenvalue weighted by Gasteiger charge is -2.18. The minimum absolute atomic E-state index is 0.147. The molecule has 0 saturated carbocycles. The van der Waals surface area contributed by atoms with Gasteiger partial charge in [0.05, 0.1) is 12.1 Å². The van der Waals surface area contributed by atoms with Crippen molar-refractivity contribution < 1.29 is 9.59 Å². The van der Waals surface area contributed by atoms with E-state index in [-0.39, 0.29) is 18.2 Å². The van der Waals surface area contributed by atoms with E-state index < -0.39 is 6.04 Å². The Morgan fingerprint density at radius 2 is 1.75 bits per heavy atom. The van der Waals surface area contributed by atoms with Gasteiger partial charge in [0.25, 0.3) is 5.91 Å². The SMILES string of the molecule is Cc1ccc(NC2CC(=O)N(c3ccc(Cl)cc3C)C2=O)cc1C. The molecular weight excluding hydrogens is 324 g/mol. The van der Waals surface area contributed by atoms with Gasteiger partial charge >= 0.3 is 0 Å². The molecule has 0 radical (unpaired) electrons. The van der Waals surface area contributed by atoms with Crippen LogP contribution in [0.4, 0.5) is 11.4 Å². The van der Waals surface area contributed by atoms with Crippen LogP contribution in [-0.2, 0) is 9.59 Å². The monoisotopic (exact) mass is 342 g/mol. The fourth-order valence-corrected chi connectivity index (χ4v) is 3.13. The molecule has 0 bridgehead atoms. The average Bonchev–Trinajstić information content (AvgIpc) is 2.78. The van der Waals surface area contributed by atoms with Crippen molar-refractivity contribution in [3.05, 3.63) is 58.1 Å². The van der Waals surface area contributed by atoms with Crippen molar-refractivity contribution in [2.24, 2.45) is 0 Å². The molecule has 2 aromatic carbocycles. The van der Waals surface area contributed by atoms with Gasteiger partial charge in [0.15, 0.2) is 0 Å². The standard InChI is InChI=1S/C19H19ClN2O2/c1-11-4-6-15(9-12(11)2)21-16-10-18(23)22(19(16)24)17-7-5-14(20)8-13(17)3/h4-9,16,21H,10H2,1-3H3. The summed E-state index contributed by atoms with van der Waals surface area (Å²) in [6.07, 6.45) is 0.147. The molecule has 1 saturated heterocycles. The van der Waals surface area contributed by atoms with E-state index in [0.717, 1.165) is 16.8 Å². The van der Waals surface area contributed by atoms with Crippen molar-refractivity contribution in [2.75, 3.05) is 10.2 Å². The van der Waals surface area contributed by atoms with Gasteiger partial charge in [-0.25, -0.2) is 4.90 Å². The molecule has 0 spiro atoms. The van der Waals surface area contributed by atoms with Crippen molar-refractivity contribution in [3.63, 3.8) is 0 Å². The molecule has 1 atom stereocenters. The number of amides is 2. The molecule has 3 rings (SSSR count). The molecule has 1 unspecified atom stereocenters. The maximum atomic E-state index is 12.7. The number of aryl methyl sites for hydroxylation is 3. The van der Waals surface area contributed by atoms with Crippen LogP contribution in [0.5, 0.6) is 0 Å². The smallest absolute Gasteiger partial charge is 0.256 e. The zero-order valence-electron chi connectivity index (χ0n) is 13.9. The van der Waals surface area contributed by atoms with Gasteiger partial charge in [-0.15, -0.1) is 0 Å². The molecule has 1 N–H and O–H groups in total. The number of carbonyl (C=O) groups excluding carboxylic acids is 2. The van der Waals surface area contributed by atoms with Gasteiger partial charge in [0, 0.05) is 10.7 Å². The Kier molecular flexibility index (Phi) is 4.33. The Morgan fingerprint density at radius 1 is 1.00 bits per heavy atom. The second kappa shape index (κ2) is 6.29. The predicted molar refractivity (Wildman–Crippen MR) is 96.6 cm³/mol. The Labute approximate surface area is 146 Å². The van der Waals surface area contributed by atoms with Crippen LogP contribution in [0.15, 0.2) is 36.4 Å².